The monoisotopic (exact) mass is 178 g/mol. The topological polar surface area (TPSA) is 12.5 Å². The first-order valence-electron chi connectivity index (χ1n) is 3.68. The Labute approximate surface area is 76.3 Å². The fraction of sp³-hybridized carbons (Fsp3) is 0.200. The van der Waals surface area contributed by atoms with Crippen LogP contribution in [-0.4, -0.2) is 6.10 Å². The molecule has 0 spiro atoms. The van der Waals surface area contributed by atoms with E-state index >= 15 is 0 Å². The molecule has 2 rings (SSSR count). The Morgan fingerprint density at radius 1 is 1.33 bits per heavy atom. The number of hydrogen-bond acceptors (Lipinski definition) is 1. The van der Waals surface area contributed by atoms with Crippen LogP contribution in [0.25, 0.3) is 0 Å². The molecule has 1 aromatic rings. The zero-order valence-electron chi connectivity index (χ0n) is 6.33. The van der Waals surface area contributed by atoms with Crippen LogP contribution >= 0.6 is 11.6 Å². The molecule has 0 saturated carbocycles. The minimum absolute atomic E-state index is 0.0359. The zero-order chi connectivity index (χ0) is 8.55. The van der Waals surface area contributed by atoms with Gasteiger partial charge in [0.25, 0.3) is 0 Å². The molecule has 1 aromatic carbocycles. The van der Waals surface area contributed by atoms with Gasteiger partial charge in [0.15, 0.2) is 0 Å². The molecule has 0 aliphatic carbocycles. The normalized spacial score (nSPS) is 26.3. The van der Waals surface area contributed by atoms with Gasteiger partial charge in [-0.3, -0.25) is 0 Å². The fourth-order valence-corrected chi connectivity index (χ4v) is 1.27. The highest BCUT2D eigenvalue weighted by Crippen LogP contribution is 2.38. The number of rotatable bonds is 1. The van der Waals surface area contributed by atoms with Crippen molar-refractivity contribution in [1.29, 1.82) is 0 Å². The summed E-state index contributed by atoms with van der Waals surface area (Å²) < 4.78 is 5.21. The Kier molecular flexibility index (Phi) is 1.80. The third kappa shape index (κ3) is 1.32. The van der Waals surface area contributed by atoms with E-state index in [9.17, 15) is 0 Å². The van der Waals surface area contributed by atoms with E-state index in [1.165, 1.54) is 0 Å². The van der Waals surface area contributed by atoms with Crippen LogP contribution in [0.1, 0.15) is 11.7 Å². The minimum atomic E-state index is -0.0359. The molecule has 0 N–H and O–H groups in total. The summed E-state index contributed by atoms with van der Waals surface area (Å²) in [6.45, 7) is 0. The molecule has 12 heavy (non-hydrogen) atoms. The number of epoxide rings is 1. The molecular weight excluding hydrogens is 172 g/mol. The number of ether oxygens (including phenoxy) is 1. The Bertz CT molecular complexity index is 323. The van der Waals surface area contributed by atoms with Crippen molar-refractivity contribution in [1.82, 2.24) is 0 Å². The van der Waals surface area contributed by atoms with Crippen LogP contribution in [0.5, 0.6) is 0 Å². The fourth-order valence-electron chi connectivity index (χ4n) is 1.15. The number of hydrogen-bond donors (Lipinski definition) is 0. The molecular formula is C10H7ClO. The SMILES string of the molecule is C#CC1O[C@@H]1c1ccc(Cl)cc1. The number of halogens is 1. The van der Waals surface area contributed by atoms with Gasteiger partial charge in [-0.15, -0.1) is 6.42 Å². The van der Waals surface area contributed by atoms with Crippen molar-refractivity contribution >= 4 is 11.6 Å². The van der Waals surface area contributed by atoms with Gasteiger partial charge >= 0.3 is 0 Å². The van der Waals surface area contributed by atoms with E-state index in [2.05, 4.69) is 5.92 Å². The predicted molar refractivity (Wildman–Crippen MR) is 47.9 cm³/mol. The molecule has 0 aromatic heterocycles. The average molecular weight is 179 g/mol. The van der Waals surface area contributed by atoms with E-state index < -0.39 is 0 Å². The van der Waals surface area contributed by atoms with E-state index in [1.54, 1.807) is 0 Å². The van der Waals surface area contributed by atoms with Crippen molar-refractivity contribution in [3.8, 4) is 12.3 Å². The van der Waals surface area contributed by atoms with Crippen molar-refractivity contribution in [2.75, 3.05) is 0 Å². The Hall–Kier alpha value is -0.970. The van der Waals surface area contributed by atoms with Gasteiger partial charge in [0.1, 0.15) is 12.2 Å². The lowest BCUT2D eigenvalue weighted by Crippen LogP contribution is -1.83. The number of terminal acetylenes is 1. The highest BCUT2D eigenvalue weighted by atomic mass is 35.5. The van der Waals surface area contributed by atoms with Crippen LogP contribution in [0.2, 0.25) is 5.02 Å². The van der Waals surface area contributed by atoms with Crippen LogP contribution in [0.4, 0.5) is 0 Å². The Morgan fingerprint density at radius 2 is 2.00 bits per heavy atom. The van der Waals surface area contributed by atoms with Crippen molar-refractivity contribution < 1.29 is 4.74 Å². The maximum atomic E-state index is 5.73. The molecule has 1 aliphatic rings. The molecule has 0 radical (unpaired) electrons. The summed E-state index contributed by atoms with van der Waals surface area (Å²) >= 11 is 5.73. The molecule has 2 heteroatoms. The van der Waals surface area contributed by atoms with E-state index in [0.29, 0.717) is 0 Å². The minimum Gasteiger partial charge on any atom is -0.351 e. The summed E-state index contributed by atoms with van der Waals surface area (Å²) in [6, 6.07) is 7.55. The summed E-state index contributed by atoms with van der Waals surface area (Å²) in [5, 5.41) is 0.733. The lowest BCUT2D eigenvalue weighted by molar-refractivity contribution is 0.397. The van der Waals surface area contributed by atoms with Crippen LogP contribution in [0, 0.1) is 12.3 Å². The van der Waals surface area contributed by atoms with Gasteiger partial charge < -0.3 is 4.74 Å². The number of benzene rings is 1. The van der Waals surface area contributed by atoms with Gasteiger partial charge in [0.2, 0.25) is 0 Å². The standard InChI is InChI=1S/C10H7ClO/c1-2-9-10(12-9)7-3-5-8(11)6-4-7/h1,3-6,9-10H/t9?,10-/m1/s1. The molecule has 0 amide bonds. The van der Waals surface area contributed by atoms with E-state index in [-0.39, 0.29) is 12.2 Å². The average Bonchev–Trinajstić information content (AvgIpc) is 2.85. The second-order valence-corrected chi connectivity index (χ2v) is 3.13. The van der Waals surface area contributed by atoms with Crippen molar-refractivity contribution in [2.45, 2.75) is 12.2 Å². The molecule has 1 aliphatic heterocycles. The first-order chi connectivity index (χ1) is 5.81. The van der Waals surface area contributed by atoms with Gasteiger partial charge in [0, 0.05) is 5.02 Å². The maximum absolute atomic E-state index is 5.73. The summed E-state index contributed by atoms with van der Waals surface area (Å²) in [5.74, 6) is 2.55. The summed E-state index contributed by atoms with van der Waals surface area (Å²) in [7, 11) is 0. The van der Waals surface area contributed by atoms with Gasteiger partial charge in [-0.1, -0.05) is 29.7 Å². The molecule has 1 fully saturated rings. The van der Waals surface area contributed by atoms with E-state index in [1.807, 2.05) is 24.3 Å². The van der Waals surface area contributed by atoms with Gasteiger partial charge in [-0.2, -0.15) is 0 Å². The Balaban J connectivity index is 2.17. The van der Waals surface area contributed by atoms with Gasteiger partial charge in [-0.25, -0.2) is 0 Å². The summed E-state index contributed by atoms with van der Waals surface area (Å²) in [5.41, 5.74) is 1.10. The highest BCUT2D eigenvalue weighted by Gasteiger charge is 2.38. The second kappa shape index (κ2) is 2.82. The predicted octanol–water partition coefficient (Wildman–Crippen LogP) is 2.41. The third-order valence-corrected chi connectivity index (χ3v) is 2.11. The molecule has 0 bridgehead atoms. The lowest BCUT2D eigenvalue weighted by Gasteiger charge is -1.93. The van der Waals surface area contributed by atoms with Crippen molar-refractivity contribution in [3.63, 3.8) is 0 Å². The highest BCUT2D eigenvalue weighted by molar-refractivity contribution is 6.30. The second-order valence-electron chi connectivity index (χ2n) is 2.70. The van der Waals surface area contributed by atoms with Gasteiger partial charge in [-0.05, 0) is 17.7 Å². The van der Waals surface area contributed by atoms with Crippen LogP contribution in [0.15, 0.2) is 24.3 Å². The molecule has 60 valence electrons. The molecule has 1 unspecified atom stereocenters. The first kappa shape index (κ1) is 7.67. The molecule has 2 atom stereocenters. The molecule has 1 nitrogen and oxygen atoms in total. The molecule has 1 saturated heterocycles. The smallest absolute Gasteiger partial charge is 0.149 e. The van der Waals surface area contributed by atoms with Gasteiger partial charge in [0.05, 0.1) is 0 Å². The van der Waals surface area contributed by atoms with Crippen LogP contribution < -0.4 is 0 Å². The van der Waals surface area contributed by atoms with Crippen molar-refractivity contribution in [3.05, 3.63) is 34.9 Å². The quantitative estimate of drug-likeness (QED) is 0.475. The largest absolute Gasteiger partial charge is 0.351 e. The summed E-state index contributed by atoms with van der Waals surface area (Å²) in [6.07, 6.45) is 5.24. The lowest BCUT2D eigenvalue weighted by atomic mass is 10.1. The van der Waals surface area contributed by atoms with E-state index in [0.717, 1.165) is 10.6 Å². The van der Waals surface area contributed by atoms with Crippen molar-refractivity contribution in [2.24, 2.45) is 0 Å². The van der Waals surface area contributed by atoms with Crippen LogP contribution in [0.3, 0.4) is 0 Å². The Morgan fingerprint density at radius 3 is 2.50 bits per heavy atom. The zero-order valence-corrected chi connectivity index (χ0v) is 7.08. The maximum Gasteiger partial charge on any atom is 0.149 e. The molecule has 1 heterocycles. The first-order valence-corrected chi connectivity index (χ1v) is 4.06. The van der Waals surface area contributed by atoms with Crippen LogP contribution in [-0.2, 0) is 4.74 Å². The van der Waals surface area contributed by atoms with E-state index in [4.69, 9.17) is 22.8 Å². The third-order valence-electron chi connectivity index (χ3n) is 1.85. The summed E-state index contributed by atoms with van der Waals surface area (Å²) in [4.78, 5) is 0.